The topological polar surface area (TPSA) is 92.5 Å². The van der Waals surface area contributed by atoms with Gasteiger partial charge in [-0.1, -0.05) is 24.3 Å². The first kappa shape index (κ1) is 10.1. The molecule has 0 saturated heterocycles. The van der Waals surface area contributed by atoms with Gasteiger partial charge in [0.05, 0.1) is 6.10 Å². The normalized spacial score (nSPS) is 15.4. The highest BCUT2D eigenvalue weighted by atomic mass is 16.3. The highest BCUT2D eigenvalue weighted by molar-refractivity contribution is 5.25. The van der Waals surface area contributed by atoms with E-state index in [2.05, 4.69) is 0 Å². The Kier molecular flexibility index (Phi) is 3.39. The Balaban J connectivity index is 2.81. The van der Waals surface area contributed by atoms with Gasteiger partial charge in [0.15, 0.2) is 0 Å². The van der Waals surface area contributed by atoms with E-state index in [-0.39, 0.29) is 6.54 Å². The van der Waals surface area contributed by atoms with Crippen LogP contribution in [0, 0.1) is 0 Å². The van der Waals surface area contributed by atoms with E-state index in [1.807, 2.05) is 0 Å². The first-order valence-electron chi connectivity index (χ1n) is 4.06. The molecule has 4 nitrogen and oxygen atoms in total. The van der Waals surface area contributed by atoms with E-state index in [1.54, 1.807) is 24.3 Å². The summed E-state index contributed by atoms with van der Waals surface area (Å²) in [5.41, 5.74) is 11.9. The van der Waals surface area contributed by atoms with Crippen molar-refractivity contribution in [3.05, 3.63) is 35.4 Å². The predicted octanol–water partition coefficient (Wildman–Crippen LogP) is -0.372. The van der Waals surface area contributed by atoms with Crippen LogP contribution in [0.5, 0.6) is 0 Å². The fraction of sp³-hybridized carbons (Fsp3) is 0.333. The first-order chi connectivity index (χ1) is 6.15. The minimum atomic E-state index is -0.968. The fourth-order valence-corrected chi connectivity index (χ4v) is 1.05. The Bertz CT molecular complexity index is 259. The molecule has 0 aromatic heterocycles. The number of benzene rings is 1. The van der Waals surface area contributed by atoms with Crippen LogP contribution in [0.15, 0.2) is 24.3 Å². The van der Waals surface area contributed by atoms with Gasteiger partial charge in [0.1, 0.15) is 6.23 Å². The lowest BCUT2D eigenvalue weighted by molar-refractivity contribution is 0.182. The van der Waals surface area contributed by atoms with Crippen molar-refractivity contribution in [2.45, 2.75) is 12.3 Å². The zero-order valence-electron chi connectivity index (χ0n) is 7.22. The quantitative estimate of drug-likeness (QED) is 0.480. The van der Waals surface area contributed by atoms with Crippen molar-refractivity contribution in [1.29, 1.82) is 0 Å². The van der Waals surface area contributed by atoms with Crippen LogP contribution in [-0.4, -0.2) is 16.8 Å². The number of aliphatic hydroxyl groups excluding tert-OH is 2. The van der Waals surface area contributed by atoms with Gasteiger partial charge in [0.25, 0.3) is 0 Å². The van der Waals surface area contributed by atoms with Crippen molar-refractivity contribution in [3.63, 3.8) is 0 Å². The maximum Gasteiger partial charge on any atom is 0.128 e. The molecule has 0 heterocycles. The summed E-state index contributed by atoms with van der Waals surface area (Å²) in [7, 11) is 0. The molecule has 0 aliphatic heterocycles. The van der Waals surface area contributed by atoms with E-state index in [0.29, 0.717) is 5.56 Å². The standard InChI is InChI=1S/C9H14N2O2/c10-5-8(12)6-1-3-7(4-2-6)9(11)13/h1-4,8-9,12-13H,5,10-11H2. The molecule has 72 valence electrons. The van der Waals surface area contributed by atoms with Crippen molar-refractivity contribution in [1.82, 2.24) is 0 Å². The molecule has 0 amide bonds. The molecule has 4 heteroatoms. The Morgan fingerprint density at radius 2 is 1.54 bits per heavy atom. The Hall–Kier alpha value is -0.940. The van der Waals surface area contributed by atoms with Crippen LogP contribution < -0.4 is 11.5 Å². The van der Waals surface area contributed by atoms with Crippen molar-refractivity contribution in [2.75, 3.05) is 6.54 Å². The number of hydrogen-bond donors (Lipinski definition) is 4. The van der Waals surface area contributed by atoms with Crippen LogP contribution in [0.3, 0.4) is 0 Å². The largest absolute Gasteiger partial charge is 0.387 e. The number of hydrogen-bond acceptors (Lipinski definition) is 4. The molecule has 0 fully saturated rings. The molecule has 0 aliphatic carbocycles. The smallest absolute Gasteiger partial charge is 0.128 e. The summed E-state index contributed by atoms with van der Waals surface area (Å²) < 4.78 is 0. The minimum Gasteiger partial charge on any atom is -0.387 e. The monoisotopic (exact) mass is 182 g/mol. The third-order valence-corrected chi connectivity index (χ3v) is 1.89. The van der Waals surface area contributed by atoms with Gasteiger partial charge in [-0.05, 0) is 11.1 Å². The second-order valence-corrected chi connectivity index (χ2v) is 2.86. The molecule has 0 aliphatic rings. The molecule has 0 bridgehead atoms. The van der Waals surface area contributed by atoms with E-state index >= 15 is 0 Å². The summed E-state index contributed by atoms with van der Waals surface area (Å²) in [4.78, 5) is 0. The summed E-state index contributed by atoms with van der Waals surface area (Å²) in [6, 6.07) is 6.73. The average Bonchev–Trinajstić information content (AvgIpc) is 2.17. The molecular formula is C9H14N2O2. The minimum absolute atomic E-state index is 0.185. The fourth-order valence-electron chi connectivity index (χ4n) is 1.05. The second-order valence-electron chi connectivity index (χ2n) is 2.86. The van der Waals surface area contributed by atoms with Gasteiger partial charge in [0.2, 0.25) is 0 Å². The Morgan fingerprint density at radius 1 is 1.08 bits per heavy atom. The number of aliphatic hydroxyl groups is 2. The van der Waals surface area contributed by atoms with E-state index in [1.165, 1.54) is 0 Å². The third-order valence-electron chi connectivity index (χ3n) is 1.89. The zero-order valence-corrected chi connectivity index (χ0v) is 7.22. The van der Waals surface area contributed by atoms with Gasteiger partial charge in [-0.2, -0.15) is 0 Å². The van der Waals surface area contributed by atoms with Crippen LogP contribution in [0.2, 0.25) is 0 Å². The van der Waals surface area contributed by atoms with Crippen molar-refractivity contribution < 1.29 is 10.2 Å². The molecule has 2 unspecified atom stereocenters. The first-order valence-corrected chi connectivity index (χ1v) is 4.06. The summed E-state index contributed by atoms with van der Waals surface area (Å²) in [6.45, 7) is 0.185. The summed E-state index contributed by atoms with van der Waals surface area (Å²) in [6.07, 6.45) is -1.62. The van der Waals surface area contributed by atoms with E-state index in [9.17, 15) is 5.11 Å². The van der Waals surface area contributed by atoms with Crippen molar-refractivity contribution in [2.24, 2.45) is 11.5 Å². The Labute approximate surface area is 76.8 Å². The predicted molar refractivity (Wildman–Crippen MR) is 49.6 cm³/mol. The lowest BCUT2D eigenvalue weighted by atomic mass is 10.1. The lowest BCUT2D eigenvalue weighted by Gasteiger charge is -2.09. The lowest BCUT2D eigenvalue weighted by Crippen LogP contribution is -2.12. The van der Waals surface area contributed by atoms with Crippen molar-refractivity contribution in [3.8, 4) is 0 Å². The zero-order chi connectivity index (χ0) is 9.84. The molecule has 13 heavy (non-hydrogen) atoms. The maximum absolute atomic E-state index is 9.34. The molecule has 0 radical (unpaired) electrons. The van der Waals surface area contributed by atoms with Gasteiger partial charge < -0.3 is 21.7 Å². The van der Waals surface area contributed by atoms with E-state index in [0.717, 1.165) is 5.56 Å². The highest BCUT2D eigenvalue weighted by Crippen LogP contribution is 2.14. The molecule has 2 atom stereocenters. The molecular weight excluding hydrogens is 168 g/mol. The third kappa shape index (κ3) is 2.50. The second kappa shape index (κ2) is 4.34. The summed E-state index contributed by atoms with van der Waals surface area (Å²) in [5, 5.41) is 18.3. The van der Waals surface area contributed by atoms with Crippen LogP contribution >= 0.6 is 0 Å². The molecule has 0 spiro atoms. The average molecular weight is 182 g/mol. The highest BCUT2D eigenvalue weighted by Gasteiger charge is 2.05. The van der Waals surface area contributed by atoms with E-state index < -0.39 is 12.3 Å². The van der Waals surface area contributed by atoms with Gasteiger partial charge in [-0.15, -0.1) is 0 Å². The maximum atomic E-state index is 9.34. The van der Waals surface area contributed by atoms with Gasteiger partial charge in [0, 0.05) is 6.54 Å². The molecule has 6 N–H and O–H groups in total. The molecule has 1 rings (SSSR count). The SMILES string of the molecule is NCC(O)c1ccc(C(N)O)cc1. The van der Waals surface area contributed by atoms with Crippen LogP contribution in [-0.2, 0) is 0 Å². The molecule has 0 saturated carbocycles. The number of rotatable bonds is 3. The molecule has 1 aromatic carbocycles. The van der Waals surface area contributed by atoms with Gasteiger partial charge in [-0.25, -0.2) is 0 Å². The molecule has 1 aromatic rings. The Morgan fingerprint density at radius 3 is 1.92 bits per heavy atom. The summed E-state index contributed by atoms with van der Waals surface area (Å²) in [5.74, 6) is 0. The van der Waals surface area contributed by atoms with E-state index in [4.69, 9.17) is 16.6 Å². The van der Waals surface area contributed by atoms with Crippen LogP contribution in [0.25, 0.3) is 0 Å². The number of nitrogens with two attached hydrogens (primary N) is 2. The van der Waals surface area contributed by atoms with Gasteiger partial charge in [-0.3, -0.25) is 0 Å². The van der Waals surface area contributed by atoms with Crippen LogP contribution in [0.1, 0.15) is 23.5 Å². The van der Waals surface area contributed by atoms with Crippen molar-refractivity contribution >= 4 is 0 Å². The van der Waals surface area contributed by atoms with Gasteiger partial charge >= 0.3 is 0 Å². The summed E-state index contributed by atoms with van der Waals surface area (Å²) >= 11 is 0. The van der Waals surface area contributed by atoms with Crippen LogP contribution in [0.4, 0.5) is 0 Å².